The van der Waals surface area contributed by atoms with Crippen LogP contribution in [0.4, 0.5) is 0 Å². The van der Waals surface area contributed by atoms with Gasteiger partial charge in [0.2, 0.25) is 5.91 Å². The number of nitrogens with one attached hydrogen (secondary N) is 1. The Balaban J connectivity index is 2.42. The first kappa shape index (κ1) is 5.56. The van der Waals surface area contributed by atoms with Crippen LogP contribution in [0.5, 0.6) is 0 Å². The van der Waals surface area contributed by atoms with Gasteiger partial charge in [-0.15, -0.1) is 0 Å². The number of carbonyl (C=O) groups excluding carboxylic acids is 1. The number of carbonyl (C=O) groups is 1. The zero-order chi connectivity index (χ0) is 5.98. The van der Waals surface area contributed by atoms with Crippen molar-refractivity contribution in [1.82, 2.24) is 10.4 Å². The zero-order valence-electron chi connectivity index (χ0n) is 4.98. The molecule has 1 heterocycles. The molecule has 1 N–H and O–H groups in total. The topological polar surface area (TPSA) is 32.3 Å². The van der Waals surface area contributed by atoms with E-state index < -0.39 is 0 Å². The van der Waals surface area contributed by atoms with E-state index in [-0.39, 0.29) is 5.91 Å². The monoisotopic (exact) mass is 114 g/mol. The molecule has 0 atom stereocenters. The van der Waals surface area contributed by atoms with Crippen molar-refractivity contribution < 1.29 is 4.79 Å². The van der Waals surface area contributed by atoms with Gasteiger partial charge >= 0.3 is 0 Å². The van der Waals surface area contributed by atoms with Gasteiger partial charge in [-0.25, -0.2) is 5.43 Å². The Kier molecular flexibility index (Phi) is 1.48. The summed E-state index contributed by atoms with van der Waals surface area (Å²) in [6.07, 6.45) is 0.661. The molecule has 0 aromatic rings. The lowest BCUT2D eigenvalue weighted by molar-refractivity contribution is -0.129. The van der Waals surface area contributed by atoms with E-state index in [9.17, 15) is 4.79 Å². The van der Waals surface area contributed by atoms with Gasteiger partial charge in [0, 0.05) is 19.5 Å². The van der Waals surface area contributed by atoms with Gasteiger partial charge in [0.25, 0.3) is 0 Å². The fourth-order valence-corrected chi connectivity index (χ4v) is 0.809. The average Bonchev–Trinajstić information content (AvgIpc) is 2.14. The van der Waals surface area contributed by atoms with Crippen molar-refractivity contribution in [3.05, 3.63) is 0 Å². The molecule has 1 fully saturated rings. The minimum absolute atomic E-state index is 0.215. The molecular formula is C5H10N2O. The summed E-state index contributed by atoms with van der Waals surface area (Å²) in [6.45, 7) is 3.54. The first-order valence-corrected chi connectivity index (χ1v) is 2.88. The summed E-state index contributed by atoms with van der Waals surface area (Å²) in [7, 11) is 0. The Morgan fingerprint density at radius 1 is 1.88 bits per heavy atom. The summed E-state index contributed by atoms with van der Waals surface area (Å²) in [5, 5.41) is 1.64. The van der Waals surface area contributed by atoms with Crippen LogP contribution >= 0.6 is 0 Å². The second kappa shape index (κ2) is 2.13. The van der Waals surface area contributed by atoms with Crippen LogP contribution in [0.25, 0.3) is 0 Å². The molecule has 3 heteroatoms. The van der Waals surface area contributed by atoms with Crippen molar-refractivity contribution in [3.63, 3.8) is 0 Å². The Morgan fingerprint density at radius 2 is 2.62 bits per heavy atom. The number of amides is 1. The van der Waals surface area contributed by atoms with Gasteiger partial charge in [0.1, 0.15) is 0 Å². The van der Waals surface area contributed by atoms with Crippen LogP contribution in [0, 0.1) is 0 Å². The highest BCUT2D eigenvalue weighted by Crippen LogP contribution is 1.95. The van der Waals surface area contributed by atoms with Crippen molar-refractivity contribution in [2.24, 2.45) is 0 Å². The van der Waals surface area contributed by atoms with Gasteiger partial charge in [0.05, 0.1) is 0 Å². The highest BCUT2D eigenvalue weighted by molar-refractivity contribution is 5.77. The molecule has 0 radical (unpaired) electrons. The van der Waals surface area contributed by atoms with Gasteiger partial charge in [-0.1, -0.05) is 0 Å². The predicted molar refractivity (Wildman–Crippen MR) is 30.0 cm³/mol. The van der Waals surface area contributed by atoms with E-state index in [1.807, 2.05) is 6.92 Å². The van der Waals surface area contributed by atoms with E-state index >= 15 is 0 Å². The van der Waals surface area contributed by atoms with Gasteiger partial charge in [0.15, 0.2) is 0 Å². The van der Waals surface area contributed by atoms with Gasteiger partial charge in [-0.3, -0.25) is 9.80 Å². The molecule has 8 heavy (non-hydrogen) atoms. The van der Waals surface area contributed by atoms with Crippen molar-refractivity contribution in [2.45, 2.75) is 13.3 Å². The minimum Gasteiger partial charge on any atom is -0.278 e. The van der Waals surface area contributed by atoms with E-state index in [0.717, 1.165) is 13.1 Å². The molecule has 1 saturated heterocycles. The summed E-state index contributed by atoms with van der Waals surface area (Å²) in [5.41, 5.74) is 2.94. The molecule has 3 nitrogen and oxygen atoms in total. The Labute approximate surface area is 48.6 Å². The molecule has 1 aliphatic rings. The maximum atomic E-state index is 10.7. The molecule has 0 aliphatic carbocycles. The number of rotatable bonds is 1. The van der Waals surface area contributed by atoms with E-state index in [1.165, 1.54) is 0 Å². The molecule has 1 amide bonds. The van der Waals surface area contributed by atoms with Gasteiger partial charge in [-0.2, -0.15) is 0 Å². The molecule has 0 aromatic carbocycles. The Morgan fingerprint density at radius 3 is 2.88 bits per heavy atom. The molecule has 0 saturated carbocycles. The second-order valence-corrected chi connectivity index (χ2v) is 1.80. The van der Waals surface area contributed by atoms with Crippen LogP contribution in [0.2, 0.25) is 0 Å². The summed E-state index contributed by atoms with van der Waals surface area (Å²) in [6, 6.07) is 0. The molecule has 0 spiro atoms. The van der Waals surface area contributed by atoms with Crippen molar-refractivity contribution >= 4 is 5.91 Å². The minimum atomic E-state index is 0.215. The molecular weight excluding hydrogens is 104 g/mol. The fourth-order valence-electron chi connectivity index (χ4n) is 0.809. The lowest BCUT2D eigenvalue weighted by Gasteiger charge is -2.10. The SMILES string of the molecule is CCN1NCCC1=O. The lowest BCUT2D eigenvalue weighted by atomic mass is 10.4. The van der Waals surface area contributed by atoms with Crippen LogP contribution in [-0.2, 0) is 4.79 Å². The molecule has 46 valence electrons. The molecule has 1 rings (SSSR count). The summed E-state index contributed by atoms with van der Waals surface area (Å²) >= 11 is 0. The molecule has 1 aliphatic heterocycles. The zero-order valence-corrected chi connectivity index (χ0v) is 4.98. The third kappa shape index (κ3) is 0.816. The first-order chi connectivity index (χ1) is 3.84. The Hall–Kier alpha value is -0.570. The molecule has 0 aromatic heterocycles. The van der Waals surface area contributed by atoms with Crippen molar-refractivity contribution in [2.75, 3.05) is 13.1 Å². The summed E-state index contributed by atoms with van der Waals surface area (Å²) in [5.74, 6) is 0.215. The summed E-state index contributed by atoms with van der Waals surface area (Å²) < 4.78 is 0. The maximum Gasteiger partial charge on any atom is 0.238 e. The van der Waals surface area contributed by atoms with Crippen LogP contribution in [0.3, 0.4) is 0 Å². The average molecular weight is 114 g/mol. The van der Waals surface area contributed by atoms with Crippen molar-refractivity contribution in [1.29, 1.82) is 0 Å². The largest absolute Gasteiger partial charge is 0.278 e. The van der Waals surface area contributed by atoms with E-state index in [4.69, 9.17) is 0 Å². The van der Waals surface area contributed by atoms with Crippen LogP contribution in [0.15, 0.2) is 0 Å². The number of hydrogen-bond acceptors (Lipinski definition) is 2. The normalized spacial score (nSPS) is 20.1. The third-order valence-electron chi connectivity index (χ3n) is 1.26. The van der Waals surface area contributed by atoms with E-state index in [1.54, 1.807) is 5.01 Å². The predicted octanol–water partition coefficient (Wildman–Crippen LogP) is -0.257. The Bertz CT molecular complexity index is 103. The van der Waals surface area contributed by atoms with Gasteiger partial charge in [-0.05, 0) is 6.92 Å². The van der Waals surface area contributed by atoms with Crippen LogP contribution in [-0.4, -0.2) is 24.0 Å². The lowest BCUT2D eigenvalue weighted by Crippen LogP contribution is -2.33. The van der Waals surface area contributed by atoms with E-state index in [0.29, 0.717) is 6.42 Å². The van der Waals surface area contributed by atoms with Crippen molar-refractivity contribution in [3.8, 4) is 0 Å². The summed E-state index contributed by atoms with van der Waals surface area (Å²) in [4.78, 5) is 10.7. The molecule has 0 unspecified atom stereocenters. The van der Waals surface area contributed by atoms with E-state index in [2.05, 4.69) is 5.43 Å². The standard InChI is InChI=1S/C5H10N2O/c1-2-7-5(8)3-4-6-7/h6H,2-4H2,1H3. The first-order valence-electron chi connectivity index (χ1n) is 2.88. The fraction of sp³-hybridized carbons (Fsp3) is 0.800. The highest BCUT2D eigenvalue weighted by Gasteiger charge is 2.16. The third-order valence-corrected chi connectivity index (χ3v) is 1.26. The maximum absolute atomic E-state index is 10.7. The molecule has 0 bridgehead atoms. The number of nitrogens with zero attached hydrogens (tertiary/aromatic N) is 1. The van der Waals surface area contributed by atoms with Crippen LogP contribution < -0.4 is 5.43 Å². The smallest absolute Gasteiger partial charge is 0.238 e. The number of hydrazine groups is 1. The van der Waals surface area contributed by atoms with Crippen LogP contribution in [0.1, 0.15) is 13.3 Å². The highest BCUT2D eigenvalue weighted by atomic mass is 16.2. The number of hydrogen-bond donors (Lipinski definition) is 1. The second-order valence-electron chi connectivity index (χ2n) is 1.80. The van der Waals surface area contributed by atoms with Gasteiger partial charge < -0.3 is 0 Å². The quantitative estimate of drug-likeness (QED) is 0.509.